The van der Waals surface area contributed by atoms with Gasteiger partial charge in [0.1, 0.15) is 0 Å². The van der Waals surface area contributed by atoms with Crippen LogP contribution in [0.1, 0.15) is 16.7 Å². The van der Waals surface area contributed by atoms with E-state index in [9.17, 15) is 8.42 Å². The predicted molar refractivity (Wildman–Crippen MR) is 112 cm³/mol. The summed E-state index contributed by atoms with van der Waals surface area (Å²) in [4.78, 5) is 0.267. The molecule has 0 saturated heterocycles. The number of fused-ring (bicyclic) bond motifs is 1. The second-order valence-electron chi connectivity index (χ2n) is 5.24. The average Bonchev–Trinajstić information content (AvgIpc) is 3.06. The molecule has 0 aliphatic carbocycles. The van der Waals surface area contributed by atoms with Crippen molar-refractivity contribution >= 4 is 10.0 Å². The van der Waals surface area contributed by atoms with Crippen molar-refractivity contribution in [1.82, 2.24) is 4.31 Å². The van der Waals surface area contributed by atoms with Gasteiger partial charge in [0.15, 0.2) is 0 Å². The molecule has 0 saturated carbocycles. The number of nitrogens with zero attached hydrogens (tertiary/aromatic N) is 1. The Morgan fingerprint density at radius 2 is 1.14 bits per heavy atom. The van der Waals surface area contributed by atoms with E-state index in [1.807, 2.05) is 31.2 Å². The number of sulfonamides is 1. The van der Waals surface area contributed by atoms with Crippen LogP contribution in [0.2, 0.25) is 0 Å². The fourth-order valence-corrected chi connectivity index (χ4v) is 3.48. The van der Waals surface area contributed by atoms with Gasteiger partial charge in [-0.15, -0.1) is 0 Å². The van der Waals surface area contributed by atoms with Crippen LogP contribution in [0.15, 0.2) is 53.4 Å². The molecule has 1 aliphatic heterocycles. The molecule has 37 heavy (non-hydrogen) atoms. The zero-order valence-electron chi connectivity index (χ0n) is 18.8. The topological polar surface area (TPSA) is 157 Å². The maximum Gasteiger partial charge on any atom is 0 e. The van der Waals surface area contributed by atoms with Crippen LogP contribution in [0.4, 0.5) is 0 Å². The molecule has 2 aromatic carbocycles. The second-order valence-corrected chi connectivity index (χ2v) is 7.17. The number of hydrogen-bond acceptors (Lipinski definition) is 2. The van der Waals surface area contributed by atoms with E-state index >= 15 is 0 Å². The molecule has 0 aromatic heterocycles. The van der Waals surface area contributed by atoms with Crippen LogP contribution >= 0.6 is 0 Å². The van der Waals surface area contributed by atoms with E-state index in [0.29, 0.717) is 0 Å². The van der Waals surface area contributed by atoms with Gasteiger partial charge in [-0.05, 0) is 42.8 Å². The fourth-order valence-electron chi connectivity index (χ4n) is 2.23. The van der Waals surface area contributed by atoms with Crippen molar-refractivity contribution in [3.63, 3.8) is 0 Å². The summed E-state index contributed by atoms with van der Waals surface area (Å²) in [7, 11) is -3.59. The summed E-state index contributed by atoms with van der Waals surface area (Å²) in [5.41, 5.74) is 2.67. The van der Waals surface area contributed by atoms with Gasteiger partial charge in [0.25, 0.3) is 0 Å². The summed E-state index contributed by atoms with van der Waals surface area (Å²) in [6, 6.07) is 14.4. The molecule has 0 unspecified atom stereocenters. The van der Waals surface area contributed by atoms with Crippen LogP contribution < -0.4 is 0 Å². The molecule has 0 amide bonds. The number of aryl methyl sites for hydroxylation is 1. The molecule has 1 aliphatic rings. The van der Waals surface area contributed by atoms with Crippen molar-refractivity contribution in [2.24, 2.45) is 0 Å². The van der Waals surface area contributed by atoms with Crippen molar-refractivity contribution in [2.45, 2.75) is 11.8 Å². The maximum absolute atomic E-state index is 12.7. The number of hydrogen-bond donors (Lipinski definition) is 0. The van der Waals surface area contributed by atoms with Crippen molar-refractivity contribution in [1.29, 1.82) is 0 Å². The molecule has 192 valence electrons. The van der Waals surface area contributed by atoms with Crippen LogP contribution in [0.25, 0.3) is 0 Å². The molecule has 0 atom stereocenters. The summed E-state index contributed by atoms with van der Waals surface area (Å²) in [5, 5.41) is 0. The summed E-state index contributed by atoms with van der Waals surface area (Å²) in [6.07, 6.45) is 5.95. The molecule has 0 bridgehead atoms. The van der Waals surface area contributed by atoms with Gasteiger partial charge in [-0.3, -0.25) is 0 Å². The van der Waals surface area contributed by atoms with E-state index in [1.165, 1.54) is 4.31 Å². The van der Waals surface area contributed by atoms with Crippen molar-refractivity contribution < 1.29 is 69.9 Å². The molecule has 1 heterocycles. The molecular formula is C25H15Co2NO8S. The van der Waals surface area contributed by atoms with E-state index in [1.54, 1.807) is 24.3 Å². The third kappa shape index (κ3) is 18.1. The average molecular weight is 607 g/mol. The molecule has 12 heteroatoms. The molecule has 0 fully saturated rings. The van der Waals surface area contributed by atoms with Crippen molar-refractivity contribution in [3.8, 4) is 11.8 Å². The van der Waals surface area contributed by atoms with E-state index < -0.39 is 10.0 Å². The van der Waals surface area contributed by atoms with Crippen molar-refractivity contribution in [3.05, 3.63) is 117 Å². The SMILES string of the molecule is Cc1ccc(S(=O)(=O)N2C[C]=[C]c3ccccc3C#CC2)cc1.[C-]#[O+].[C-]#[O+].[C-]#[O+].[C-]#[O+].[C-]#[O+].[C-]#[O+].[Co].[Co]. The van der Waals surface area contributed by atoms with Gasteiger partial charge in [0.05, 0.1) is 11.4 Å². The minimum absolute atomic E-state index is 0. The van der Waals surface area contributed by atoms with Crippen LogP contribution in [0.5, 0.6) is 0 Å². The monoisotopic (exact) mass is 607 g/mol. The first kappa shape index (κ1) is 47.3. The Balaban J connectivity index is -0.000000152. The Hall–Kier alpha value is -2.90. The van der Waals surface area contributed by atoms with Crippen LogP contribution in [0, 0.1) is 70.8 Å². The number of rotatable bonds is 2. The molecule has 9 nitrogen and oxygen atoms in total. The van der Waals surface area contributed by atoms with Gasteiger partial charge in [0.2, 0.25) is 10.0 Å². The minimum Gasteiger partial charge on any atom is 0 e. The standard InChI is InChI=1S/C19H15NO2S.6CO.2Co/c1-16-10-12-19(13-11-16)23(21,22)20-14-4-8-17-6-2-3-7-18(17)9-5-15-20;6*1-2;;/h2-3,6-7,10-13H,14-15H2,1H3;;;;;;;;. The summed E-state index contributed by atoms with van der Waals surface area (Å²) in [5.74, 6) is 5.95. The molecule has 4 radical (unpaired) electrons. The van der Waals surface area contributed by atoms with Crippen LogP contribution in [0.3, 0.4) is 0 Å². The first-order valence-corrected chi connectivity index (χ1v) is 9.87. The third-order valence-corrected chi connectivity index (χ3v) is 5.35. The summed E-state index contributed by atoms with van der Waals surface area (Å²) >= 11 is 0. The Morgan fingerprint density at radius 1 is 0.703 bits per heavy atom. The molecular weight excluding hydrogens is 592 g/mol. The van der Waals surface area contributed by atoms with E-state index in [4.69, 9.17) is 27.9 Å². The summed E-state index contributed by atoms with van der Waals surface area (Å²) < 4.78 is 71.8. The van der Waals surface area contributed by atoms with Gasteiger partial charge in [-0.1, -0.05) is 47.7 Å². The quantitative estimate of drug-likeness (QED) is 0.292. The smallest absolute Gasteiger partial charge is 0 e. The minimum atomic E-state index is -3.59. The Bertz CT molecular complexity index is 1140. The fraction of sp³-hybridized carbons (Fsp3) is 0.120. The normalized spacial score (nSPS) is 9.54. The Kier molecular flexibility index (Phi) is 42.3. The predicted octanol–water partition coefficient (Wildman–Crippen LogP) is 2.33. The maximum atomic E-state index is 12.7. The van der Waals surface area contributed by atoms with Crippen LogP contribution in [-0.2, 0) is 71.5 Å². The Labute approximate surface area is 237 Å². The van der Waals surface area contributed by atoms with Crippen LogP contribution in [-0.4, -0.2) is 25.8 Å². The molecule has 2 aromatic rings. The van der Waals surface area contributed by atoms with E-state index in [0.717, 1.165) is 16.7 Å². The Morgan fingerprint density at radius 3 is 1.59 bits per heavy atom. The first-order valence-electron chi connectivity index (χ1n) is 8.43. The van der Waals surface area contributed by atoms with Gasteiger partial charge >= 0.3 is 67.8 Å². The third-order valence-electron chi connectivity index (χ3n) is 3.54. The van der Waals surface area contributed by atoms with Gasteiger partial charge in [-0.25, -0.2) is 8.42 Å². The zero-order valence-corrected chi connectivity index (χ0v) is 21.7. The molecule has 0 spiro atoms. The van der Waals surface area contributed by atoms with Gasteiger partial charge in [-0.2, -0.15) is 4.31 Å². The molecule has 0 N–H and O–H groups in total. The van der Waals surface area contributed by atoms with E-state index in [-0.39, 0.29) is 51.5 Å². The largest absolute Gasteiger partial charge is 0 e. The van der Waals surface area contributed by atoms with Crippen molar-refractivity contribution in [2.75, 3.05) is 13.1 Å². The first-order chi connectivity index (χ1) is 17.1. The molecule has 3 rings (SSSR count). The summed E-state index contributed by atoms with van der Waals surface area (Å²) in [6.45, 7) is 29.2. The zero-order chi connectivity index (χ0) is 28.3. The van der Waals surface area contributed by atoms with Gasteiger partial charge in [0, 0.05) is 45.7 Å². The van der Waals surface area contributed by atoms with Gasteiger partial charge < -0.3 is 0 Å². The van der Waals surface area contributed by atoms with E-state index in [2.05, 4.69) is 63.9 Å². The number of benzene rings is 2. The second kappa shape index (κ2) is 33.1.